The summed E-state index contributed by atoms with van der Waals surface area (Å²) < 4.78 is 0. The number of nitrogens with one attached hydrogen (secondary N) is 1. The molecule has 3 nitrogen and oxygen atoms in total. The van der Waals surface area contributed by atoms with Gasteiger partial charge in [-0.1, -0.05) is 30.4 Å². The Kier molecular flexibility index (Phi) is 5.28. The predicted octanol–water partition coefficient (Wildman–Crippen LogP) is 3.24. The first-order valence-corrected chi connectivity index (χ1v) is 8.54. The quantitative estimate of drug-likeness (QED) is 0.866. The van der Waals surface area contributed by atoms with Gasteiger partial charge in [-0.05, 0) is 50.2 Å². The molecule has 1 fully saturated rings. The molecule has 0 unspecified atom stereocenters. The van der Waals surface area contributed by atoms with Crippen LogP contribution in [0.25, 0.3) is 0 Å². The predicted molar refractivity (Wildman–Crippen MR) is 89.9 cm³/mol. The zero-order valence-corrected chi connectivity index (χ0v) is 13.2. The molecule has 1 heterocycles. The van der Waals surface area contributed by atoms with Gasteiger partial charge >= 0.3 is 0 Å². The van der Waals surface area contributed by atoms with Crippen molar-refractivity contribution in [3.05, 3.63) is 48.0 Å². The summed E-state index contributed by atoms with van der Waals surface area (Å²) in [6, 6.07) is 9.85. The topological polar surface area (TPSA) is 32.3 Å². The molecule has 0 radical (unpaired) electrons. The number of piperidine rings is 1. The van der Waals surface area contributed by atoms with Gasteiger partial charge in [-0.25, -0.2) is 0 Å². The fraction of sp³-hybridized carbons (Fsp3) is 0.526. The van der Waals surface area contributed by atoms with E-state index in [-0.39, 0.29) is 5.91 Å². The van der Waals surface area contributed by atoms with Crippen LogP contribution in [0.4, 0.5) is 0 Å². The Morgan fingerprint density at radius 2 is 1.86 bits per heavy atom. The summed E-state index contributed by atoms with van der Waals surface area (Å²) in [4.78, 5) is 14.8. The van der Waals surface area contributed by atoms with Gasteiger partial charge in [0.25, 0.3) is 5.91 Å². The first-order valence-electron chi connectivity index (χ1n) is 8.54. The number of benzene rings is 1. The van der Waals surface area contributed by atoms with Crippen LogP contribution < -0.4 is 5.32 Å². The summed E-state index contributed by atoms with van der Waals surface area (Å²) in [5, 5.41) is 3.18. The summed E-state index contributed by atoms with van der Waals surface area (Å²) in [6.07, 6.45) is 10.6. The van der Waals surface area contributed by atoms with Crippen LogP contribution in [-0.4, -0.2) is 36.5 Å². The van der Waals surface area contributed by atoms with Crippen LogP contribution in [0.3, 0.4) is 0 Å². The van der Waals surface area contributed by atoms with E-state index in [1.807, 2.05) is 30.3 Å². The lowest BCUT2D eigenvalue weighted by Gasteiger charge is -2.35. The Labute approximate surface area is 133 Å². The minimum absolute atomic E-state index is 0.0662. The van der Waals surface area contributed by atoms with Gasteiger partial charge in [-0.3, -0.25) is 4.79 Å². The van der Waals surface area contributed by atoms with Gasteiger partial charge in [0.1, 0.15) is 0 Å². The summed E-state index contributed by atoms with van der Waals surface area (Å²) in [5.41, 5.74) is 0.763. The molecule has 1 aliphatic heterocycles. The smallest absolute Gasteiger partial charge is 0.251 e. The molecule has 0 saturated carbocycles. The highest BCUT2D eigenvalue weighted by Gasteiger charge is 2.23. The molecule has 118 valence electrons. The fourth-order valence-electron chi connectivity index (χ4n) is 3.51. The number of hydrogen-bond acceptors (Lipinski definition) is 2. The highest BCUT2D eigenvalue weighted by atomic mass is 16.1. The molecule has 1 saturated heterocycles. The second-order valence-corrected chi connectivity index (χ2v) is 6.56. The van der Waals surface area contributed by atoms with Crippen LogP contribution in [0.5, 0.6) is 0 Å². The molecule has 3 heteroatoms. The summed E-state index contributed by atoms with van der Waals surface area (Å²) in [6.45, 7) is 3.45. The van der Waals surface area contributed by atoms with E-state index in [0.29, 0.717) is 6.04 Å². The van der Waals surface area contributed by atoms with Crippen molar-refractivity contribution in [2.24, 2.45) is 5.92 Å². The summed E-state index contributed by atoms with van der Waals surface area (Å²) in [7, 11) is 0. The molecule has 0 spiro atoms. The number of hydrogen-bond donors (Lipinski definition) is 1. The van der Waals surface area contributed by atoms with Gasteiger partial charge < -0.3 is 10.2 Å². The molecule has 1 atom stereocenters. The van der Waals surface area contributed by atoms with Crippen LogP contribution in [0.15, 0.2) is 42.5 Å². The van der Waals surface area contributed by atoms with E-state index in [1.54, 1.807) is 0 Å². The molecule has 0 aromatic heterocycles. The van der Waals surface area contributed by atoms with Gasteiger partial charge in [-0.15, -0.1) is 0 Å². The monoisotopic (exact) mass is 298 g/mol. The molecular weight excluding hydrogens is 272 g/mol. The average Bonchev–Trinajstić information content (AvgIpc) is 2.58. The van der Waals surface area contributed by atoms with Crippen molar-refractivity contribution < 1.29 is 4.79 Å². The number of allylic oxidation sites excluding steroid dienone is 2. The molecule has 1 N–H and O–H groups in total. The molecule has 2 aliphatic rings. The van der Waals surface area contributed by atoms with E-state index in [0.717, 1.165) is 37.4 Å². The van der Waals surface area contributed by atoms with Crippen molar-refractivity contribution in [2.75, 3.05) is 19.6 Å². The Hall–Kier alpha value is -1.61. The number of nitrogens with zero attached hydrogens (tertiary/aromatic N) is 1. The third kappa shape index (κ3) is 4.20. The van der Waals surface area contributed by atoms with Crippen molar-refractivity contribution in [1.82, 2.24) is 10.2 Å². The van der Waals surface area contributed by atoms with Gasteiger partial charge in [0.15, 0.2) is 0 Å². The van der Waals surface area contributed by atoms with Crippen molar-refractivity contribution in [1.29, 1.82) is 0 Å². The maximum atomic E-state index is 12.2. The van der Waals surface area contributed by atoms with Crippen molar-refractivity contribution in [2.45, 2.75) is 38.1 Å². The summed E-state index contributed by atoms with van der Waals surface area (Å²) >= 11 is 0. The molecule has 0 bridgehead atoms. The minimum atomic E-state index is 0.0662. The second-order valence-electron chi connectivity index (χ2n) is 6.56. The molecule has 22 heavy (non-hydrogen) atoms. The fourth-order valence-corrected chi connectivity index (χ4v) is 3.51. The average molecular weight is 298 g/mol. The molecule has 1 amide bonds. The maximum Gasteiger partial charge on any atom is 0.251 e. The Morgan fingerprint density at radius 3 is 2.55 bits per heavy atom. The zero-order chi connectivity index (χ0) is 15.2. The van der Waals surface area contributed by atoms with E-state index in [2.05, 4.69) is 22.4 Å². The van der Waals surface area contributed by atoms with E-state index < -0.39 is 0 Å². The van der Waals surface area contributed by atoms with Crippen LogP contribution >= 0.6 is 0 Å². The summed E-state index contributed by atoms with van der Waals surface area (Å²) in [5.74, 6) is 0.900. The highest BCUT2D eigenvalue weighted by Crippen LogP contribution is 2.21. The standard InChI is InChI=1S/C19H26N2O/c22-19(17-9-5-2-6-10-17)20-18-11-13-21(14-12-18)15-16-7-3-1-4-8-16/h1-3,5-6,9-10,16,18H,4,7-8,11-15H2,(H,20,22)/t16-/m1/s1. The van der Waals surface area contributed by atoms with Gasteiger partial charge in [0, 0.05) is 31.2 Å². The lowest BCUT2D eigenvalue weighted by molar-refractivity contribution is 0.0904. The van der Waals surface area contributed by atoms with Crippen LogP contribution in [0.1, 0.15) is 42.5 Å². The Balaban J connectivity index is 1.42. The first-order chi connectivity index (χ1) is 10.8. The highest BCUT2D eigenvalue weighted by molar-refractivity contribution is 5.94. The zero-order valence-electron chi connectivity index (χ0n) is 13.2. The Morgan fingerprint density at radius 1 is 1.09 bits per heavy atom. The van der Waals surface area contributed by atoms with Gasteiger partial charge in [0.2, 0.25) is 0 Å². The molecule has 1 aliphatic carbocycles. The maximum absolute atomic E-state index is 12.2. The molecule has 1 aromatic rings. The lowest BCUT2D eigenvalue weighted by Crippen LogP contribution is -2.45. The SMILES string of the molecule is O=C(NC1CCN(C[C@@H]2CC=CCC2)CC1)c1ccccc1. The van der Waals surface area contributed by atoms with Crippen LogP contribution in [-0.2, 0) is 0 Å². The second kappa shape index (κ2) is 7.59. The first kappa shape index (κ1) is 15.3. The third-order valence-electron chi connectivity index (χ3n) is 4.85. The molecule has 3 rings (SSSR count). The third-order valence-corrected chi connectivity index (χ3v) is 4.85. The number of rotatable bonds is 4. The number of amides is 1. The van der Waals surface area contributed by atoms with Crippen LogP contribution in [0, 0.1) is 5.92 Å². The van der Waals surface area contributed by atoms with Crippen LogP contribution in [0.2, 0.25) is 0 Å². The molecular formula is C19H26N2O. The van der Waals surface area contributed by atoms with Crippen molar-refractivity contribution in [3.63, 3.8) is 0 Å². The number of carbonyl (C=O) groups excluding carboxylic acids is 1. The number of carbonyl (C=O) groups is 1. The van der Waals surface area contributed by atoms with E-state index in [1.165, 1.54) is 25.8 Å². The van der Waals surface area contributed by atoms with E-state index in [4.69, 9.17) is 0 Å². The van der Waals surface area contributed by atoms with E-state index >= 15 is 0 Å². The van der Waals surface area contributed by atoms with Crippen molar-refractivity contribution >= 4 is 5.91 Å². The van der Waals surface area contributed by atoms with Gasteiger partial charge in [-0.2, -0.15) is 0 Å². The minimum Gasteiger partial charge on any atom is -0.349 e. The normalized spacial score (nSPS) is 23.4. The Bertz CT molecular complexity index is 503. The lowest BCUT2D eigenvalue weighted by atomic mass is 9.93. The number of likely N-dealkylation sites (tertiary alicyclic amines) is 1. The van der Waals surface area contributed by atoms with Gasteiger partial charge in [0.05, 0.1) is 0 Å². The largest absolute Gasteiger partial charge is 0.349 e. The molecule has 1 aromatic carbocycles. The van der Waals surface area contributed by atoms with E-state index in [9.17, 15) is 4.79 Å². The van der Waals surface area contributed by atoms with Crippen molar-refractivity contribution in [3.8, 4) is 0 Å².